The van der Waals surface area contributed by atoms with Gasteiger partial charge < -0.3 is 10.1 Å². The predicted molar refractivity (Wildman–Crippen MR) is 67.6 cm³/mol. The zero-order chi connectivity index (χ0) is 11.4. The summed E-state index contributed by atoms with van der Waals surface area (Å²) in [5, 5.41) is 3.61. The molecule has 0 radical (unpaired) electrons. The number of hydrogen-bond donors (Lipinski definition) is 1. The highest BCUT2D eigenvalue weighted by Crippen LogP contribution is 2.32. The molecule has 2 saturated carbocycles. The van der Waals surface area contributed by atoms with Crippen LogP contribution in [0, 0.1) is 5.92 Å². The van der Waals surface area contributed by atoms with E-state index in [-0.39, 0.29) is 0 Å². The molecule has 0 aromatic heterocycles. The maximum Gasteiger partial charge on any atom is 0.0734 e. The van der Waals surface area contributed by atoms with Crippen molar-refractivity contribution in [1.29, 1.82) is 0 Å². The maximum absolute atomic E-state index is 6.26. The third-order valence-electron chi connectivity index (χ3n) is 4.36. The summed E-state index contributed by atoms with van der Waals surface area (Å²) in [5.74, 6) is 0.903. The summed E-state index contributed by atoms with van der Waals surface area (Å²) >= 11 is 0. The van der Waals surface area contributed by atoms with E-state index in [9.17, 15) is 0 Å². The second-order valence-corrected chi connectivity index (χ2v) is 5.48. The molecular weight excluding hydrogens is 198 g/mol. The Kier molecular flexibility index (Phi) is 4.66. The van der Waals surface area contributed by atoms with Crippen LogP contribution in [0.15, 0.2) is 0 Å². The minimum Gasteiger partial charge on any atom is -0.373 e. The van der Waals surface area contributed by atoms with E-state index in [4.69, 9.17) is 4.74 Å². The van der Waals surface area contributed by atoms with Gasteiger partial charge in [0.05, 0.1) is 12.2 Å². The Hall–Kier alpha value is -0.0800. The van der Waals surface area contributed by atoms with Crippen molar-refractivity contribution >= 4 is 0 Å². The van der Waals surface area contributed by atoms with Crippen LogP contribution in [0.2, 0.25) is 0 Å². The molecule has 2 aliphatic carbocycles. The number of hydrogen-bond acceptors (Lipinski definition) is 2. The molecule has 1 N–H and O–H groups in total. The van der Waals surface area contributed by atoms with Crippen molar-refractivity contribution in [3.63, 3.8) is 0 Å². The first-order valence-corrected chi connectivity index (χ1v) is 7.22. The summed E-state index contributed by atoms with van der Waals surface area (Å²) in [6.45, 7) is 5.59. The third kappa shape index (κ3) is 2.98. The van der Waals surface area contributed by atoms with E-state index < -0.39 is 0 Å². The first kappa shape index (κ1) is 12.4. The van der Waals surface area contributed by atoms with Gasteiger partial charge in [0.2, 0.25) is 0 Å². The van der Waals surface area contributed by atoms with Crippen LogP contribution in [-0.4, -0.2) is 24.8 Å². The van der Waals surface area contributed by atoms with Crippen LogP contribution < -0.4 is 5.32 Å². The van der Waals surface area contributed by atoms with Gasteiger partial charge in [-0.25, -0.2) is 0 Å². The van der Waals surface area contributed by atoms with Gasteiger partial charge in [0.15, 0.2) is 0 Å². The van der Waals surface area contributed by atoms with Gasteiger partial charge in [-0.15, -0.1) is 0 Å². The standard InChI is InChI=1S/C14H27NO/c1-3-11-8-9-13(15-4-2)14(10-11)16-12-6-5-7-12/h11-15H,3-10H2,1-2H3. The third-order valence-corrected chi connectivity index (χ3v) is 4.36. The highest BCUT2D eigenvalue weighted by molar-refractivity contribution is 4.87. The molecule has 0 heterocycles. The Balaban J connectivity index is 1.85. The van der Waals surface area contributed by atoms with Gasteiger partial charge in [-0.05, 0) is 51.0 Å². The van der Waals surface area contributed by atoms with Crippen LogP contribution in [0.25, 0.3) is 0 Å². The number of ether oxygens (including phenoxy) is 1. The van der Waals surface area contributed by atoms with Crippen LogP contribution in [0.3, 0.4) is 0 Å². The molecule has 0 aliphatic heterocycles. The van der Waals surface area contributed by atoms with Gasteiger partial charge >= 0.3 is 0 Å². The van der Waals surface area contributed by atoms with Gasteiger partial charge in [0.25, 0.3) is 0 Å². The minimum atomic E-state index is 0.490. The fourth-order valence-electron chi connectivity index (χ4n) is 2.98. The molecule has 2 nitrogen and oxygen atoms in total. The molecule has 3 unspecified atom stereocenters. The van der Waals surface area contributed by atoms with Crippen molar-refractivity contribution in [1.82, 2.24) is 5.32 Å². The fourth-order valence-corrected chi connectivity index (χ4v) is 2.98. The Morgan fingerprint density at radius 2 is 1.94 bits per heavy atom. The van der Waals surface area contributed by atoms with Crippen molar-refractivity contribution in [2.75, 3.05) is 6.54 Å². The molecule has 94 valence electrons. The zero-order valence-corrected chi connectivity index (χ0v) is 10.9. The van der Waals surface area contributed by atoms with Crippen LogP contribution in [0.1, 0.15) is 58.8 Å². The predicted octanol–water partition coefficient (Wildman–Crippen LogP) is 3.11. The van der Waals surface area contributed by atoms with Crippen LogP contribution in [0.4, 0.5) is 0 Å². The van der Waals surface area contributed by atoms with Crippen LogP contribution in [-0.2, 0) is 4.74 Å². The minimum absolute atomic E-state index is 0.490. The Morgan fingerprint density at radius 3 is 2.50 bits per heavy atom. The van der Waals surface area contributed by atoms with Crippen molar-refractivity contribution in [2.45, 2.75) is 77.0 Å². The first-order valence-electron chi connectivity index (χ1n) is 7.22. The number of rotatable bonds is 5. The quantitative estimate of drug-likeness (QED) is 0.776. The lowest BCUT2D eigenvalue weighted by Crippen LogP contribution is -2.47. The summed E-state index contributed by atoms with van der Waals surface area (Å²) < 4.78 is 6.26. The Morgan fingerprint density at radius 1 is 1.12 bits per heavy atom. The first-order chi connectivity index (χ1) is 7.83. The summed E-state index contributed by atoms with van der Waals surface area (Å²) in [6.07, 6.45) is 10.3. The Labute approximate surface area is 100 Å². The average Bonchev–Trinajstić information content (AvgIpc) is 2.25. The molecule has 0 bridgehead atoms. The number of likely N-dealkylation sites (N-methyl/N-ethyl adjacent to an activating group) is 1. The maximum atomic E-state index is 6.26. The number of nitrogens with one attached hydrogen (secondary N) is 1. The summed E-state index contributed by atoms with van der Waals surface area (Å²) in [5.41, 5.74) is 0. The summed E-state index contributed by atoms with van der Waals surface area (Å²) in [6, 6.07) is 0.619. The Bertz CT molecular complexity index is 201. The molecule has 2 heteroatoms. The van der Waals surface area contributed by atoms with Crippen molar-refractivity contribution in [3.05, 3.63) is 0 Å². The molecule has 2 fully saturated rings. The summed E-state index contributed by atoms with van der Waals surface area (Å²) in [7, 11) is 0. The lowest BCUT2D eigenvalue weighted by molar-refractivity contribution is -0.0864. The average molecular weight is 225 g/mol. The summed E-state index contributed by atoms with van der Waals surface area (Å²) in [4.78, 5) is 0. The molecule has 0 aromatic rings. The normalized spacial score (nSPS) is 36.0. The molecule has 0 spiro atoms. The van der Waals surface area contributed by atoms with Gasteiger partial charge in [-0.3, -0.25) is 0 Å². The second kappa shape index (κ2) is 6.02. The monoisotopic (exact) mass is 225 g/mol. The molecule has 0 saturated heterocycles. The van der Waals surface area contributed by atoms with E-state index in [1.807, 2.05) is 0 Å². The SMILES string of the molecule is CCNC1CCC(CC)CC1OC1CCC1. The molecule has 0 aromatic carbocycles. The van der Waals surface area contributed by atoms with E-state index in [2.05, 4.69) is 19.2 Å². The van der Waals surface area contributed by atoms with E-state index in [0.717, 1.165) is 12.5 Å². The van der Waals surface area contributed by atoms with E-state index in [1.165, 1.54) is 44.9 Å². The van der Waals surface area contributed by atoms with E-state index in [0.29, 0.717) is 18.2 Å². The molecule has 2 aliphatic rings. The van der Waals surface area contributed by atoms with Crippen molar-refractivity contribution < 1.29 is 4.74 Å². The van der Waals surface area contributed by atoms with Gasteiger partial charge in [0.1, 0.15) is 0 Å². The van der Waals surface area contributed by atoms with Crippen molar-refractivity contribution in [2.24, 2.45) is 5.92 Å². The molecule has 0 amide bonds. The largest absolute Gasteiger partial charge is 0.373 e. The van der Waals surface area contributed by atoms with Gasteiger partial charge in [-0.2, -0.15) is 0 Å². The smallest absolute Gasteiger partial charge is 0.0734 e. The zero-order valence-electron chi connectivity index (χ0n) is 10.9. The molecule has 2 rings (SSSR count). The van der Waals surface area contributed by atoms with Crippen LogP contribution in [0.5, 0.6) is 0 Å². The van der Waals surface area contributed by atoms with Crippen LogP contribution >= 0.6 is 0 Å². The van der Waals surface area contributed by atoms with Gasteiger partial charge in [-0.1, -0.05) is 20.3 Å². The van der Waals surface area contributed by atoms with E-state index in [1.54, 1.807) is 0 Å². The molecule has 3 atom stereocenters. The topological polar surface area (TPSA) is 21.3 Å². The lowest BCUT2D eigenvalue weighted by atomic mass is 9.82. The van der Waals surface area contributed by atoms with Gasteiger partial charge in [0, 0.05) is 6.04 Å². The highest BCUT2D eigenvalue weighted by atomic mass is 16.5. The second-order valence-electron chi connectivity index (χ2n) is 5.48. The van der Waals surface area contributed by atoms with E-state index >= 15 is 0 Å². The fraction of sp³-hybridized carbons (Fsp3) is 1.00. The lowest BCUT2D eigenvalue weighted by Gasteiger charge is -2.40. The highest BCUT2D eigenvalue weighted by Gasteiger charge is 2.33. The molecular formula is C14H27NO. The molecule has 16 heavy (non-hydrogen) atoms. The van der Waals surface area contributed by atoms with Crippen molar-refractivity contribution in [3.8, 4) is 0 Å².